The van der Waals surface area contributed by atoms with Crippen LogP contribution in [0.25, 0.3) is 21.9 Å². The van der Waals surface area contributed by atoms with Crippen LogP contribution >= 0.6 is 0 Å². The summed E-state index contributed by atoms with van der Waals surface area (Å²) in [5.41, 5.74) is 6.29. The molecule has 5 rings (SSSR count). The van der Waals surface area contributed by atoms with E-state index >= 15 is 0 Å². The van der Waals surface area contributed by atoms with Gasteiger partial charge in [0.2, 0.25) is 0 Å². The van der Waals surface area contributed by atoms with Crippen LogP contribution < -0.4 is 0 Å². The van der Waals surface area contributed by atoms with Crippen molar-refractivity contribution in [3.05, 3.63) is 95.5 Å². The van der Waals surface area contributed by atoms with Gasteiger partial charge < -0.3 is 0 Å². The average molecular weight is 463 g/mol. The van der Waals surface area contributed by atoms with Gasteiger partial charge in [-0.05, 0) is 62.1 Å². The van der Waals surface area contributed by atoms with Crippen molar-refractivity contribution in [2.75, 3.05) is 0 Å². The lowest BCUT2D eigenvalue weighted by molar-refractivity contribution is 0.578. The van der Waals surface area contributed by atoms with Gasteiger partial charge in [0, 0.05) is 17.5 Å². The summed E-state index contributed by atoms with van der Waals surface area (Å²) in [5, 5.41) is 9.96. The normalized spacial score (nSPS) is 13.0. The van der Waals surface area contributed by atoms with E-state index in [9.17, 15) is 0 Å². The number of nitrogens with zero attached hydrogens (tertiary/aromatic N) is 6. The number of fused-ring (bicyclic) bond motifs is 2. The van der Waals surface area contributed by atoms with Gasteiger partial charge >= 0.3 is 0 Å². The molecule has 0 amide bonds. The van der Waals surface area contributed by atoms with Crippen molar-refractivity contribution in [3.63, 3.8) is 0 Å². The van der Waals surface area contributed by atoms with Crippen molar-refractivity contribution < 1.29 is 0 Å². The van der Waals surface area contributed by atoms with Gasteiger partial charge in [-0.2, -0.15) is 10.2 Å². The molecule has 0 aliphatic rings. The third-order valence-corrected chi connectivity index (χ3v) is 6.65. The van der Waals surface area contributed by atoms with Gasteiger partial charge in [-0.15, -0.1) is 0 Å². The second kappa shape index (κ2) is 9.10. The molecular formula is C29H30N6. The number of aromatic nitrogens is 6. The fourth-order valence-electron chi connectivity index (χ4n) is 4.27. The minimum absolute atomic E-state index is 0.190. The summed E-state index contributed by atoms with van der Waals surface area (Å²) >= 11 is 0. The second-order valence-corrected chi connectivity index (χ2v) is 10.1. The second-order valence-electron chi connectivity index (χ2n) is 10.1. The maximum Gasteiger partial charge on any atom is 0.132 e. The smallest absolute Gasteiger partial charge is 0.132 e. The summed E-state index contributed by atoms with van der Waals surface area (Å²) in [4.78, 5) is 19.1. The molecule has 0 saturated heterocycles. The van der Waals surface area contributed by atoms with E-state index in [1.54, 1.807) is 0 Å². The number of rotatable bonds is 6. The van der Waals surface area contributed by atoms with Crippen LogP contribution in [0.4, 0.5) is 0 Å². The third-order valence-electron chi connectivity index (χ3n) is 6.65. The molecule has 0 spiro atoms. The molecule has 1 unspecified atom stereocenters. The summed E-state index contributed by atoms with van der Waals surface area (Å²) in [6.45, 7) is 10.6. The maximum absolute atomic E-state index is 4.94. The molecule has 6 nitrogen and oxygen atoms in total. The molecule has 0 aliphatic carbocycles. The fraction of sp³-hybridized carbons (Fsp3) is 0.310. The minimum atomic E-state index is -0.399. The van der Waals surface area contributed by atoms with Gasteiger partial charge in [0.15, 0.2) is 0 Å². The first-order valence-electron chi connectivity index (χ1n) is 12.1. The highest BCUT2D eigenvalue weighted by Gasteiger charge is 2.28. The zero-order valence-corrected chi connectivity index (χ0v) is 20.9. The Morgan fingerprint density at radius 3 is 2.34 bits per heavy atom. The molecule has 0 saturated carbocycles. The number of benzene rings is 2. The van der Waals surface area contributed by atoms with Crippen molar-refractivity contribution in [1.29, 1.82) is 0 Å². The van der Waals surface area contributed by atoms with Crippen molar-refractivity contribution in [2.45, 2.75) is 58.3 Å². The molecule has 3 aromatic heterocycles. The topological polar surface area (TPSA) is 77.3 Å². The molecule has 176 valence electrons. The molecule has 35 heavy (non-hydrogen) atoms. The summed E-state index contributed by atoms with van der Waals surface area (Å²) in [6.07, 6.45) is 4.60. The maximum atomic E-state index is 4.94. The summed E-state index contributed by atoms with van der Waals surface area (Å²) in [7, 11) is 0. The predicted molar refractivity (Wildman–Crippen MR) is 139 cm³/mol. The molecule has 0 aliphatic heterocycles. The van der Waals surface area contributed by atoms with E-state index in [-0.39, 0.29) is 5.92 Å². The van der Waals surface area contributed by atoms with E-state index in [1.165, 1.54) is 5.56 Å². The molecule has 2 aromatic carbocycles. The molecule has 0 bridgehead atoms. The molecule has 0 radical (unpaired) electrons. The highest BCUT2D eigenvalue weighted by atomic mass is 15.1. The van der Waals surface area contributed by atoms with Crippen LogP contribution in [0.1, 0.15) is 74.9 Å². The van der Waals surface area contributed by atoms with Crippen molar-refractivity contribution >= 4 is 21.9 Å². The van der Waals surface area contributed by atoms with E-state index in [0.29, 0.717) is 5.92 Å². The van der Waals surface area contributed by atoms with Crippen LogP contribution in [0, 0.1) is 0 Å². The molecular weight excluding hydrogens is 432 g/mol. The van der Waals surface area contributed by atoms with Gasteiger partial charge in [-0.3, -0.25) is 4.98 Å². The summed E-state index contributed by atoms with van der Waals surface area (Å²) in [6, 6.07) is 18.5. The Bertz CT molecular complexity index is 1490. The zero-order chi connectivity index (χ0) is 24.6. The Hall–Kier alpha value is -3.80. The van der Waals surface area contributed by atoms with E-state index in [2.05, 4.69) is 74.1 Å². The van der Waals surface area contributed by atoms with Crippen LogP contribution in [0.3, 0.4) is 0 Å². The molecule has 5 aromatic rings. The number of hydrogen-bond acceptors (Lipinski definition) is 6. The Morgan fingerprint density at radius 2 is 1.57 bits per heavy atom. The number of hydrogen-bond donors (Lipinski definition) is 0. The third kappa shape index (κ3) is 4.61. The summed E-state index contributed by atoms with van der Waals surface area (Å²) in [5.74, 6) is 1.40. The lowest BCUT2D eigenvalue weighted by Crippen LogP contribution is -2.23. The Balaban J connectivity index is 1.38. The van der Waals surface area contributed by atoms with E-state index < -0.39 is 5.41 Å². The summed E-state index contributed by atoms with van der Waals surface area (Å²) < 4.78 is 0. The molecule has 0 fully saturated rings. The quantitative estimate of drug-likeness (QED) is 0.301. The highest BCUT2D eigenvalue weighted by molar-refractivity contribution is 5.77. The highest BCUT2D eigenvalue weighted by Crippen LogP contribution is 2.30. The largest absolute Gasteiger partial charge is 0.253 e. The van der Waals surface area contributed by atoms with Crippen LogP contribution in [0.5, 0.6) is 0 Å². The van der Waals surface area contributed by atoms with Crippen molar-refractivity contribution in [3.8, 4) is 0 Å². The standard InChI is InChI=1S/C29H30N6/c1-18(2)22-12-13-26(35-34-22)29(4,5)27-17-30-25-15-20(10-11-24(25)32-27)14-19(3)28-31-16-21-8-6-7-9-23(21)33-28/h6-13,15-19H,14H2,1-5H3. The SMILES string of the molecule is CC(C)c1ccc(C(C)(C)c2cnc3cc(CC(C)c4ncc5ccccc5n4)ccc3n2)nn1. The van der Waals surface area contributed by atoms with Gasteiger partial charge in [0.05, 0.1) is 45.2 Å². The lowest BCUT2D eigenvalue weighted by Gasteiger charge is -2.23. The first-order valence-corrected chi connectivity index (χ1v) is 12.1. The Labute approximate surface area is 205 Å². The molecule has 6 heteroatoms. The fourth-order valence-corrected chi connectivity index (χ4v) is 4.27. The lowest BCUT2D eigenvalue weighted by atomic mass is 9.85. The first kappa shape index (κ1) is 23.0. The molecule has 0 N–H and O–H groups in total. The molecule has 1 atom stereocenters. The number of para-hydroxylation sites is 1. The van der Waals surface area contributed by atoms with Crippen molar-refractivity contribution in [1.82, 2.24) is 30.1 Å². The van der Waals surface area contributed by atoms with Crippen LogP contribution in [0.2, 0.25) is 0 Å². The van der Waals surface area contributed by atoms with Crippen molar-refractivity contribution in [2.24, 2.45) is 0 Å². The van der Waals surface area contributed by atoms with Crippen LogP contribution in [0.15, 0.2) is 67.0 Å². The predicted octanol–water partition coefficient (Wildman–Crippen LogP) is 6.16. The van der Waals surface area contributed by atoms with E-state index in [4.69, 9.17) is 15.0 Å². The van der Waals surface area contributed by atoms with Gasteiger partial charge in [-0.25, -0.2) is 15.0 Å². The van der Waals surface area contributed by atoms with Gasteiger partial charge in [0.25, 0.3) is 0 Å². The van der Waals surface area contributed by atoms with Crippen LogP contribution in [-0.2, 0) is 11.8 Å². The zero-order valence-electron chi connectivity index (χ0n) is 20.9. The Kier molecular flexibility index (Phi) is 5.97. The monoisotopic (exact) mass is 462 g/mol. The van der Waals surface area contributed by atoms with E-state index in [1.807, 2.05) is 42.7 Å². The average Bonchev–Trinajstić information content (AvgIpc) is 2.88. The first-order chi connectivity index (χ1) is 16.8. The Morgan fingerprint density at radius 1 is 0.743 bits per heavy atom. The van der Waals surface area contributed by atoms with E-state index in [0.717, 1.165) is 51.3 Å². The minimum Gasteiger partial charge on any atom is -0.253 e. The van der Waals surface area contributed by atoms with Crippen LogP contribution in [-0.4, -0.2) is 30.1 Å². The van der Waals surface area contributed by atoms with Gasteiger partial charge in [-0.1, -0.05) is 45.0 Å². The van der Waals surface area contributed by atoms with Gasteiger partial charge in [0.1, 0.15) is 5.82 Å². The molecule has 3 heterocycles.